The van der Waals surface area contributed by atoms with Crippen LogP contribution in [0.25, 0.3) is 0 Å². The van der Waals surface area contributed by atoms with Gasteiger partial charge in [0.1, 0.15) is 6.04 Å². The highest BCUT2D eigenvalue weighted by Gasteiger charge is 2.08. The zero-order chi connectivity index (χ0) is 8.15. The van der Waals surface area contributed by atoms with Gasteiger partial charge < -0.3 is 10.4 Å². The summed E-state index contributed by atoms with van der Waals surface area (Å²) in [5.41, 5.74) is 0. The molecule has 0 aromatic rings. The van der Waals surface area contributed by atoms with Crippen molar-refractivity contribution in [3.8, 4) is 0 Å². The lowest BCUT2D eigenvalue weighted by Gasteiger charge is -2.06. The molecule has 0 saturated heterocycles. The van der Waals surface area contributed by atoms with Gasteiger partial charge in [-0.05, 0) is 6.92 Å². The Kier molecular flexibility index (Phi) is 4.31. The molecule has 1 atom stereocenters. The van der Waals surface area contributed by atoms with Crippen LogP contribution in [0.4, 0.5) is 0 Å². The Balaban J connectivity index is 3.49. The second-order valence-electron chi connectivity index (χ2n) is 1.96. The van der Waals surface area contributed by atoms with Gasteiger partial charge in [0.2, 0.25) is 0 Å². The third-order valence-corrected chi connectivity index (χ3v) is 1.25. The SMILES string of the molecule is C=C(Br)CNC(C)C(=O)O. The summed E-state index contributed by atoms with van der Waals surface area (Å²) in [6.45, 7) is 5.61. The van der Waals surface area contributed by atoms with E-state index in [2.05, 4.69) is 27.8 Å². The van der Waals surface area contributed by atoms with Crippen molar-refractivity contribution in [2.24, 2.45) is 0 Å². The first-order valence-electron chi connectivity index (χ1n) is 2.83. The van der Waals surface area contributed by atoms with Gasteiger partial charge in [0, 0.05) is 11.0 Å². The van der Waals surface area contributed by atoms with Crippen molar-refractivity contribution < 1.29 is 9.90 Å². The summed E-state index contributed by atoms with van der Waals surface area (Å²) in [4.78, 5) is 10.2. The fourth-order valence-corrected chi connectivity index (χ4v) is 0.513. The van der Waals surface area contributed by atoms with Gasteiger partial charge in [-0.25, -0.2) is 0 Å². The largest absolute Gasteiger partial charge is 0.480 e. The van der Waals surface area contributed by atoms with Crippen LogP contribution in [0.1, 0.15) is 6.92 Å². The molecule has 0 aromatic carbocycles. The molecule has 58 valence electrons. The van der Waals surface area contributed by atoms with Crippen LogP contribution in [0.5, 0.6) is 0 Å². The van der Waals surface area contributed by atoms with Gasteiger partial charge in [-0.15, -0.1) is 0 Å². The number of hydrogen-bond donors (Lipinski definition) is 2. The molecule has 0 aliphatic carbocycles. The molecule has 0 aromatic heterocycles. The first kappa shape index (κ1) is 9.65. The molecule has 0 heterocycles. The second kappa shape index (κ2) is 4.46. The van der Waals surface area contributed by atoms with Crippen molar-refractivity contribution in [2.75, 3.05) is 6.54 Å². The average Bonchev–Trinajstić information content (AvgIpc) is 1.82. The van der Waals surface area contributed by atoms with E-state index in [1.54, 1.807) is 6.92 Å². The van der Waals surface area contributed by atoms with Crippen LogP contribution in [-0.4, -0.2) is 23.7 Å². The summed E-state index contributed by atoms with van der Waals surface area (Å²) in [7, 11) is 0. The molecule has 0 spiro atoms. The van der Waals surface area contributed by atoms with Crippen molar-refractivity contribution >= 4 is 21.9 Å². The van der Waals surface area contributed by atoms with Crippen LogP contribution in [0.15, 0.2) is 11.1 Å². The third kappa shape index (κ3) is 4.52. The first-order chi connectivity index (χ1) is 4.54. The molecule has 0 amide bonds. The van der Waals surface area contributed by atoms with E-state index >= 15 is 0 Å². The predicted molar refractivity (Wildman–Crippen MR) is 43.2 cm³/mol. The van der Waals surface area contributed by atoms with E-state index in [9.17, 15) is 4.79 Å². The monoisotopic (exact) mass is 207 g/mol. The van der Waals surface area contributed by atoms with Crippen LogP contribution in [0.2, 0.25) is 0 Å². The molecule has 3 nitrogen and oxygen atoms in total. The number of nitrogens with one attached hydrogen (secondary N) is 1. The number of halogens is 1. The zero-order valence-electron chi connectivity index (χ0n) is 5.72. The molecule has 4 heteroatoms. The van der Waals surface area contributed by atoms with Crippen LogP contribution in [-0.2, 0) is 4.79 Å². The van der Waals surface area contributed by atoms with Crippen molar-refractivity contribution in [3.05, 3.63) is 11.1 Å². The summed E-state index contributed by atoms with van der Waals surface area (Å²) in [6, 6.07) is -0.519. The maximum absolute atomic E-state index is 10.2. The lowest BCUT2D eigenvalue weighted by atomic mass is 10.3. The smallest absolute Gasteiger partial charge is 0.320 e. The Morgan fingerprint density at radius 3 is 2.70 bits per heavy atom. The molecule has 0 rings (SSSR count). The number of rotatable bonds is 4. The Hall–Kier alpha value is -0.350. The van der Waals surface area contributed by atoms with Gasteiger partial charge in [-0.1, -0.05) is 22.5 Å². The quantitative estimate of drug-likeness (QED) is 0.723. The predicted octanol–water partition coefficient (Wildman–Crippen LogP) is 0.958. The summed E-state index contributed by atoms with van der Waals surface area (Å²) < 4.78 is 0.751. The van der Waals surface area contributed by atoms with E-state index in [0.29, 0.717) is 6.54 Å². The maximum atomic E-state index is 10.2. The fraction of sp³-hybridized carbons (Fsp3) is 0.500. The van der Waals surface area contributed by atoms with Crippen molar-refractivity contribution in [2.45, 2.75) is 13.0 Å². The van der Waals surface area contributed by atoms with E-state index in [4.69, 9.17) is 5.11 Å². The number of carboxylic acids is 1. The molecule has 0 aliphatic heterocycles. The number of aliphatic carboxylic acids is 1. The van der Waals surface area contributed by atoms with Crippen molar-refractivity contribution in [3.63, 3.8) is 0 Å². The van der Waals surface area contributed by atoms with E-state index in [0.717, 1.165) is 4.48 Å². The molecular weight excluding hydrogens is 198 g/mol. The van der Waals surface area contributed by atoms with Crippen LogP contribution >= 0.6 is 15.9 Å². The van der Waals surface area contributed by atoms with Gasteiger partial charge in [0.15, 0.2) is 0 Å². The van der Waals surface area contributed by atoms with Gasteiger partial charge in [0.05, 0.1) is 0 Å². The highest BCUT2D eigenvalue weighted by Crippen LogP contribution is 1.97. The van der Waals surface area contributed by atoms with Gasteiger partial charge in [-0.2, -0.15) is 0 Å². The van der Waals surface area contributed by atoms with Gasteiger partial charge >= 0.3 is 5.97 Å². The molecule has 0 saturated carbocycles. The molecule has 0 bridgehead atoms. The van der Waals surface area contributed by atoms with Crippen molar-refractivity contribution in [1.29, 1.82) is 0 Å². The summed E-state index contributed by atoms with van der Waals surface area (Å²) in [5, 5.41) is 11.1. The Morgan fingerprint density at radius 2 is 2.40 bits per heavy atom. The molecule has 0 radical (unpaired) electrons. The summed E-state index contributed by atoms with van der Waals surface area (Å²) in [6.07, 6.45) is 0. The van der Waals surface area contributed by atoms with Gasteiger partial charge in [-0.3, -0.25) is 4.79 Å². The standard InChI is InChI=1S/C6H10BrNO2/c1-4(7)3-8-5(2)6(9)10/h5,8H,1,3H2,2H3,(H,9,10). The third-order valence-electron chi connectivity index (χ3n) is 0.970. The number of carbonyl (C=O) groups is 1. The molecular formula is C6H10BrNO2. The maximum Gasteiger partial charge on any atom is 0.320 e. The van der Waals surface area contributed by atoms with E-state index < -0.39 is 12.0 Å². The van der Waals surface area contributed by atoms with Crippen molar-refractivity contribution in [1.82, 2.24) is 5.32 Å². The first-order valence-corrected chi connectivity index (χ1v) is 3.63. The van der Waals surface area contributed by atoms with Crippen LogP contribution < -0.4 is 5.32 Å². The lowest BCUT2D eigenvalue weighted by molar-refractivity contribution is -0.138. The highest BCUT2D eigenvalue weighted by molar-refractivity contribution is 9.11. The van der Waals surface area contributed by atoms with E-state index in [-0.39, 0.29) is 0 Å². The average molecular weight is 208 g/mol. The molecule has 0 fully saturated rings. The molecule has 10 heavy (non-hydrogen) atoms. The highest BCUT2D eigenvalue weighted by atomic mass is 79.9. The van der Waals surface area contributed by atoms with E-state index in [1.807, 2.05) is 0 Å². The zero-order valence-corrected chi connectivity index (χ0v) is 7.31. The lowest BCUT2D eigenvalue weighted by Crippen LogP contribution is -2.34. The second-order valence-corrected chi connectivity index (χ2v) is 3.08. The number of hydrogen-bond acceptors (Lipinski definition) is 2. The van der Waals surface area contributed by atoms with Crippen LogP contribution in [0, 0.1) is 0 Å². The summed E-state index contributed by atoms with van der Waals surface area (Å²) >= 11 is 3.10. The Morgan fingerprint density at radius 1 is 1.90 bits per heavy atom. The van der Waals surface area contributed by atoms with E-state index in [1.165, 1.54) is 0 Å². The number of carboxylic acid groups (broad SMARTS) is 1. The fourth-order valence-electron chi connectivity index (χ4n) is 0.351. The molecule has 1 unspecified atom stereocenters. The molecule has 2 N–H and O–H groups in total. The minimum atomic E-state index is -0.853. The van der Waals surface area contributed by atoms with Crippen LogP contribution in [0.3, 0.4) is 0 Å². The normalized spacial score (nSPS) is 12.6. The minimum absolute atomic E-state index is 0.480. The summed E-state index contributed by atoms with van der Waals surface area (Å²) in [5.74, 6) is -0.853. The van der Waals surface area contributed by atoms with Gasteiger partial charge in [0.25, 0.3) is 0 Å². The Bertz CT molecular complexity index is 147. The minimum Gasteiger partial charge on any atom is -0.480 e. The molecule has 0 aliphatic rings. The Labute approximate surface area is 68.2 Å². The topological polar surface area (TPSA) is 49.3 Å².